The fraction of sp³-hybridized carbons (Fsp3) is 0.500. The van der Waals surface area contributed by atoms with Crippen LogP contribution in [0.3, 0.4) is 0 Å². The highest BCUT2D eigenvalue weighted by molar-refractivity contribution is 5.52. The Morgan fingerprint density at radius 2 is 2.29 bits per heavy atom. The van der Waals surface area contributed by atoms with Gasteiger partial charge in [-0.25, -0.2) is 0 Å². The third-order valence-electron chi connectivity index (χ3n) is 2.81. The number of rotatable bonds is 2. The molecule has 2 N–H and O–H groups in total. The van der Waals surface area contributed by atoms with E-state index < -0.39 is 0 Å². The van der Waals surface area contributed by atoms with E-state index in [4.69, 9.17) is 0 Å². The van der Waals surface area contributed by atoms with Crippen molar-refractivity contribution in [3.63, 3.8) is 0 Å². The van der Waals surface area contributed by atoms with Gasteiger partial charge in [-0.1, -0.05) is 25.1 Å². The van der Waals surface area contributed by atoms with Crippen molar-refractivity contribution in [1.82, 2.24) is 5.32 Å². The van der Waals surface area contributed by atoms with Crippen molar-refractivity contribution in [3.8, 4) is 0 Å². The molecule has 0 aliphatic carbocycles. The Labute approximate surface area is 85.7 Å². The lowest BCUT2D eigenvalue weighted by atomic mass is 10.1. The summed E-state index contributed by atoms with van der Waals surface area (Å²) in [4.78, 5) is 0. The quantitative estimate of drug-likeness (QED) is 0.745. The van der Waals surface area contributed by atoms with Crippen LogP contribution >= 0.6 is 0 Å². The van der Waals surface area contributed by atoms with Gasteiger partial charge in [-0.15, -0.1) is 0 Å². The molecule has 1 aliphatic heterocycles. The van der Waals surface area contributed by atoms with Gasteiger partial charge in [0, 0.05) is 18.3 Å². The number of fused-ring (bicyclic) bond motifs is 1. The molecule has 1 heterocycles. The first-order valence-electron chi connectivity index (χ1n) is 5.45. The molecule has 14 heavy (non-hydrogen) atoms. The van der Waals surface area contributed by atoms with Crippen LogP contribution < -0.4 is 10.6 Å². The summed E-state index contributed by atoms with van der Waals surface area (Å²) in [6, 6.07) is 9.22. The molecule has 0 radical (unpaired) electrons. The Morgan fingerprint density at radius 1 is 1.43 bits per heavy atom. The second-order valence-electron chi connectivity index (χ2n) is 3.83. The van der Waals surface area contributed by atoms with Crippen molar-refractivity contribution >= 4 is 5.69 Å². The number of para-hydroxylation sites is 1. The largest absolute Gasteiger partial charge is 0.383 e. The highest BCUT2D eigenvalue weighted by Crippen LogP contribution is 2.20. The summed E-state index contributed by atoms with van der Waals surface area (Å²) in [5.41, 5.74) is 2.76. The van der Waals surface area contributed by atoms with Gasteiger partial charge in [0.15, 0.2) is 0 Å². The molecule has 0 amide bonds. The van der Waals surface area contributed by atoms with Crippen molar-refractivity contribution in [1.29, 1.82) is 0 Å². The Hall–Kier alpha value is -1.02. The van der Waals surface area contributed by atoms with Crippen LogP contribution in [0, 0.1) is 0 Å². The first-order chi connectivity index (χ1) is 6.90. The Bertz CT molecular complexity index is 269. The smallest absolute Gasteiger partial charge is 0.0373 e. The normalized spacial score (nSPS) is 20.8. The predicted molar refractivity (Wildman–Crippen MR) is 60.7 cm³/mol. The van der Waals surface area contributed by atoms with Crippen LogP contribution in [-0.4, -0.2) is 19.1 Å². The van der Waals surface area contributed by atoms with Gasteiger partial charge in [0.1, 0.15) is 0 Å². The molecule has 2 nitrogen and oxygen atoms in total. The van der Waals surface area contributed by atoms with Crippen molar-refractivity contribution in [3.05, 3.63) is 29.8 Å². The second-order valence-corrected chi connectivity index (χ2v) is 3.83. The third kappa shape index (κ3) is 2.07. The number of benzene rings is 1. The van der Waals surface area contributed by atoms with E-state index in [0.717, 1.165) is 13.1 Å². The van der Waals surface area contributed by atoms with E-state index in [1.54, 1.807) is 0 Å². The minimum absolute atomic E-state index is 0.618. The van der Waals surface area contributed by atoms with Gasteiger partial charge in [-0.2, -0.15) is 0 Å². The van der Waals surface area contributed by atoms with E-state index in [-0.39, 0.29) is 0 Å². The molecule has 0 bridgehead atoms. The Balaban J connectivity index is 2.06. The van der Waals surface area contributed by atoms with Crippen LogP contribution in [0.25, 0.3) is 0 Å². The first kappa shape index (κ1) is 9.53. The molecule has 1 aliphatic rings. The second kappa shape index (κ2) is 4.47. The molecule has 0 spiro atoms. The van der Waals surface area contributed by atoms with Gasteiger partial charge in [-0.05, 0) is 31.0 Å². The molecule has 76 valence electrons. The molecule has 0 fully saturated rings. The van der Waals surface area contributed by atoms with Gasteiger partial charge in [-0.3, -0.25) is 0 Å². The van der Waals surface area contributed by atoms with E-state index >= 15 is 0 Å². The number of nitrogens with one attached hydrogen (secondary N) is 2. The van der Waals surface area contributed by atoms with Crippen LogP contribution in [0.5, 0.6) is 0 Å². The average Bonchev–Trinajstić information content (AvgIpc) is 2.42. The topological polar surface area (TPSA) is 24.1 Å². The maximum absolute atomic E-state index is 3.50. The summed E-state index contributed by atoms with van der Waals surface area (Å²) in [6.07, 6.45) is 2.42. The molecule has 1 aromatic carbocycles. The van der Waals surface area contributed by atoms with Crippen LogP contribution in [0.1, 0.15) is 18.9 Å². The predicted octanol–water partition coefficient (Wildman–Crippen LogP) is 2.02. The molecule has 2 heteroatoms. The van der Waals surface area contributed by atoms with Gasteiger partial charge in [0.05, 0.1) is 0 Å². The molecule has 1 atom stereocenters. The minimum atomic E-state index is 0.618. The first-order valence-corrected chi connectivity index (χ1v) is 5.45. The molecule has 1 aromatic rings. The number of hydrogen-bond acceptors (Lipinski definition) is 2. The number of aryl methyl sites for hydroxylation is 1. The van der Waals surface area contributed by atoms with E-state index in [9.17, 15) is 0 Å². The van der Waals surface area contributed by atoms with Crippen LogP contribution in [0.15, 0.2) is 24.3 Å². The van der Waals surface area contributed by atoms with Crippen LogP contribution in [0.2, 0.25) is 0 Å². The number of hydrogen-bond donors (Lipinski definition) is 2. The van der Waals surface area contributed by atoms with Gasteiger partial charge < -0.3 is 10.6 Å². The summed E-state index contributed by atoms with van der Waals surface area (Å²) in [6.45, 7) is 4.27. The molecule has 2 rings (SSSR count). The van der Waals surface area contributed by atoms with Crippen molar-refractivity contribution in [2.45, 2.75) is 25.8 Å². The van der Waals surface area contributed by atoms with Crippen molar-refractivity contribution in [2.75, 3.05) is 18.4 Å². The summed E-state index contributed by atoms with van der Waals surface area (Å²) in [7, 11) is 0. The fourth-order valence-corrected chi connectivity index (χ4v) is 2.04. The standard InChI is InChI=1S/C12H18N2/c1-2-13-11-8-7-10-5-3-4-6-12(10)14-9-11/h3-6,11,13-14H,2,7-9H2,1H3. The zero-order valence-electron chi connectivity index (χ0n) is 8.72. The minimum Gasteiger partial charge on any atom is -0.383 e. The van der Waals surface area contributed by atoms with Crippen molar-refractivity contribution in [2.24, 2.45) is 0 Å². The molecule has 0 saturated carbocycles. The Morgan fingerprint density at radius 3 is 3.14 bits per heavy atom. The summed E-state index contributed by atoms with van der Waals surface area (Å²) < 4.78 is 0. The Kier molecular flexibility index (Phi) is 3.04. The molecule has 1 unspecified atom stereocenters. The summed E-state index contributed by atoms with van der Waals surface area (Å²) in [5.74, 6) is 0. The number of likely N-dealkylation sites (N-methyl/N-ethyl adjacent to an activating group) is 1. The lowest BCUT2D eigenvalue weighted by Gasteiger charge is -2.14. The zero-order valence-corrected chi connectivity index (χ0v) is 8.72. The summed E-state index contributed by atoms with van der Waals surface area (Å²) >= 11 is 0. The fourth-order valence-electron chi connectivity index (χ4n) is 2.04. The maximum Gasteiger partial charge on any atom is 0.0373 e. The lowest BCUT2D eigenvalue weighted by Crippen LogP contribution is -2.34. The molecular weight excluding hydrogens is 172 g/mol. The highest BCUT2D eigenvalue weighted by atomic mass is 15.0. The maximum atomic E-state index is 3.50. The van der Waals surface area contributed by atoms with Gasteiger partial charge in [0.25, 0.3) is 0 Å². The monoisotopic (exact) mass is 190 g/mol. The lowest BCUT2D eigenvalue weighted by molar-refractivity contribution is 0.520. The molecule has 0 aromatic heterocycles. The summed E-state index contributed by atoms with van der Waals surface area (Å²) in [5, 5.41) is 6.99. The van der Waals surface area contributed by atoms with E-state index in [0.29, 0.717) is 6.04 Å². The molecule has 0 saturated heterocycles. The van der Waals surface area contributed by atoms with Crippen LogP contribution in [0.4, 0.5) is 5.69 Å². The van der Waals surface area contributed by atoms with Crippen LogP contribution in [-0.2, 0) is 6.42 Å². The van der Waals surface area contributed by atoms with Gasteiger partial charge in [0.2, 0.25) is 0 Å². The van der Waals surface area contributed by atoms with Gasteiger partial charge >= 0.3 is 0 Å². The SMILES string of the molecule is CCNC1CCc2ccccc2NC1. The number of anilines is 1. The van der Waals surface area contributed by atoms with E-state index in [1.165, 1.54) is 24.1 Å². The third-order valence-corrected chi connectivity index (χ3v) is 2.81. The van der Waals surface area contributed by atoms with Crippen molar-refractivity contribution < 1.29 is 0 Å². The van der Waals surface area contributed by atoms with E-state index in [2.05, 4.69) is 41.8 Å². The average molecular weight is 190 g/mol. The van der Waals surface area contributed by atoms with E-state index in [1.807, 2.05) is 0 Å². The highest BCUT2D eigenvalue weighted by Gasteiger charge is 2.13. The zero-order chi connectivity index (χ0) is 9.80. The molecular formula is C12H18N2.